The minimum absolute atomic E-state index is 0.135. The van der Waals surface area contributed by atoms with Gasteiger partial charge in [-0.2, -0.15) is 0 Å². The first-order valence-electron chi connectivity index (χ1n) is 12.6. The molecule has 6 rings (SSSR count). The summed E-state index contributed by atoms with van der Waals surface area (Å²) >= 11 is 0. The number of alkyl carbamates (subject to hydrolysis) is 1. The fourth-order valence-corrected chi connectivity index (χ4v) is 5.75. The number of amides is 2. The van der Waals surface area contributed by atoms with Crippen LogP contribution < -0.4 is 10.2 Å². The maximum atomic E-state index is 13.4. The van der Waals surface area contributed by atoms with Crippen LogP contribution in [-0.4, -0.2) is 55.5 Å². The molecular formula is C28H34N4O3. The molecule has 35 heavy (non-hydrogen) atoms. The molecule has 3 aliphatic heterocycles. The summed E-state index contributed by atoms with van der Waals surface area (Å²) in [7, 11) is 1.75. The van der Waals surface area contributed by atoms with Gasteiger partial charge in [-0.05, 0) is 55.6 Å². The molecule has 1 atom stereocenters. The summed E-state index contributed by atoms with van der Waals surface area (Å²) in [6, 6.07) is 15.5. The highest BCUT2D eigenvalue weighted by molar-refractivity contribution is 6.14. The molecule has 1 unspecified atom stereocenters. The van der Waals surface area contributed by atoms with Crippen molar-refractivity contribution < 1.29 is 14.3 Å². The lowest BCUT2D eigenvalue weighted by Crippen LogP contribution is -2.46. The van der Waals surface area contributed by atoms with Gasteiger partial charge in [0.15, 0.2) is 0 Å². The Bertz CT molecular complexity index is 1090. The Kier molecular flexibility index (Phi) is 6.86. The van der Waals surface area contributed by atoms with Crippen LogP contribution in [0.2, 0.25) is 0 Å². The topological polar surface area (TPSA) is 74.2 Å². The zero-order chi connectivity index (χ0) is 24.4. The summed E-state index contributed by atoms with van der Waals surface area (Å²) in [5.41, 5.74) is 4.55. The van der Waals surface area contributed by atoms with E-state index in [1.54, 1.807) is 11.9 Å². The number of aliphatic imine (C=N–C) groups is 1. The Morgan fingerprint density at radius 1 is 1.03 bits per heavy atom. The van der Waals surface area contributed by atoms with Crippen molar-refractivity contribution in [1.82, 2.24) is 10.2 Å². The minimum atomic E-state index is -1.03. The van der Waals surface area contributed by atoms with Crippen molar-refractivity contribution >= 4 is 23.4 Å². The van der Waals surface area contributed by atoms with Crippen molar-refractivity contribution in [3.63, 3.8) is 0 Å². The number of nitrogens with zero attached hydrogens (tertiary/aromatic N) is 3. The van der Waals surface area contributed by atoms with Crippen LogP contribution in [0, 0.1) is 18.8 Å². The molecule has 3 heterocycles. The fourth-order valence-electron chi connectivity index (χ4n) is 5.75. The second-order valence-corrected chi connectivity index (χ2v) is 10.1. The lowest BCUT2D eigenvalue weighted by Gasteiger charge is -2.25. The third-order valence-corrected chi connectivity index (χ3v) is 7.57. The number of hydrogen-bond acceptors (Lipinski definition) is 5. The first-order chi connectivity index (χ1) is 17.0. The Labute approximate surface area is 207 Å². The average Bonchev–Trinajstić information content (AvgIpc) is 3.22. The maximum Gasteiger partial charge on any atom is 0.409 e. The average molecular weight is 475 g/mol. The standard InChI is InChI=1S/C28H34N4O3/c1-19-7-6-10-23-24(17-32-15-20-11-12-21(16-32)14-13-20)29-26(27(33)31(2)25(19)23)30-28(34)35-18-22-8-4-3-5-9-22/h3-10,20-21,26H,11-18H2,1-2H3,(H,30,34). The summed E-state index contributed by atoms with van der Waals surface area (Å²) in [6.45, 7) is 4.95. The molecule has 2 bridgehead atoms. The number of nitrogens with one attached hydrogen (secondary N) is 1. The lowest BCUT2D eigenvalue weighted by atomic mass is 9.84. The van der Waals surface area contributed by atoms with Crippen LogP contribution in [-0.2, 0) is 16.1 Å². The number of anilines is 1. The summed E-state index contributed by atoms with van der Waals surface area (Å²) < 4.78 is 5.39. The van der Waals surface area contributed by atoms with Crippen LogP contribution in [0.1, 0.15) is 42.4 Å². The van der Waals surface area contributed by atoms with Crippen molar-refractivity contribution in [3.8, 4) is 0 Å². The molecule has 1 aliphatic carbocycles. The van der Waals surface area contributed by atoms with Gasteiger partial charge in [0.2, 0.25) is 6.17 Å². The van der Waals surface area contributed by atoms with Crippen molar-refractivity contribution in [2.75, 3.05) is 31.6 Å². The summed E-state index contributed by atoms with van der Waals surface area (Å²) in [6.07, 6.45) is 3.54. The molecule has 0 radical (unpaired) electrons. The number of rotatable bonds is 5. The Morgan fingerprint density at radius 3 is 2.40 bits per heavy atom. The fraction of sp³-hybridized carbons (Fsp3) is 0.464. The molecule has 2 aromatic carbocycles. The maximum absolute atomic E-state index is 13.4. The molecule has 2 saturated heterocycles. The number of benzene rings is 2. The van der Waals surface area contributed by atoms with Crippen LogP contribution in [0.5, 0.6) is 0 Å². The zero-order valence-electron chi connectivity index (χ0n) is 20.6. The second-order valence-electron chi connectivity index (χ2n) is 10.1. The first-order valence-corrected chi connectivity index (χ1v) is 12.6. The second kappa shape index (κ2) is 10.2. The number of benzodiazepines with no additional fused rings is 1. The molecule has 184 valence electrons. The zero-order valence-corrected chi connectivity index (χ0v) is 20.6. The number of ether oxygens (including phenoxy) is 1. The van der Waals surface area contributed by atoms with E-state index in [1.165, 1.54) is 25.7 Å². The van der Waals surface area contributed by atoms with E-state index >= 15 is 0 Å². The summed E-state index contributed by atoms with van der Waals surface area (Å²) in [4.78, 5) is 35.0. The lowest BCUT2D eigenvalue weighted by molar-refractivity contribution is -0.120. The molecule has 2 aromatic rings. The molecule has 1 saturated carbocycles. The Balaban J connectivity index is 1.39. The van der Waals surface area contributed by atoms with E-state index in [2.05, 4.69) is 10.2 Å². The van der Waals surface area contributed by atoms with Crippen LogP contribution in [0.3, 0.4) is 0 Å². The number of carbonyl (C=O) groups excluding carboxylic acids is 2. The number of carbonyl (C=O) groups is 2. The van der Waals surface area contributed by atoms with E-state index in [1.807, 2.05) is 55.5 Å². The highest BCUT2D eigenvalue weighted by Gasteiger charge is 2.34. The SMILES string of the molecule is Cc1cccc2c1N(C)C(=O)C(NC(=O)OCc1ccccc1)N=C2CN1CC2CCC(CC2)C1. The van der Waals surface area contributed by atoms with Gasteiger partial charge in [-0.25, -0.2) is 4.79 Å². The van der Waals surface area contributed by atoms with E-state index in [-0.39, 0.29) is 12.5 Å². The molecule has 2 amide bonds. The minimum Gasteiger partial charge on any atom is -0.445 e. The highest BCUT2D eigenvalue weighted by Crippen LogP contribution is 2.35. The summed E-state index contributed by atoms with van der Waals surface area (Å²) in [5, 5.41) is 2.71. The molecule has 1 N–H and O–H groups in total. The predicted molar refractivity (Wildman–Crippen MR) is 137 cm³/mol. The van der Waals surface area contributed by atoms with Gasteiger partial charge in [-0.15, -0.1) is 0 Å². The number of aryl methyl sites for hydroxylation is 1. The molecular weight excluding hydrogens is 440 g/mol. The third-order valence-electron chi connectivity index (χ3n) is 7.57. The Hall–Kier alpha value is -3.19. The monoisotopic (exact) mass is 474 g/mol. The summed E-state index contributed by atoms with van der Waals surface area (Å²) in [5.74, 6) is 1.20. The molecule has 4 aliphatic rings. The molecule has 7 nitrogen and oxygen atoms in total. The third kappa shape index (κ3) is 5.25. The van der Waals surface area contributed by atoms with E-state index in [0.717, 1.165) is 53.0 Å². The van der Waals surface area contributed by atoms with Gasteiger partial charge < -0.3 is 9.64 Å². The van der Waals surface area contributed by atoms with Crippen LogP contribution in [0.25, 0.3) is 0 Å². The van der Waals surface area contributed by atoms with Gasteiger partial charge in [0.1, 0.15) is 6.61 Å². The molecule has 7 heteroatoms. The van der Waals surface area contributed by atoms with Gasteiger partial charge in [0.25, 0.3) is 5.91 Å². The van der Waals surface area contributed by atoms with Gasteiger partial charge in [0.05, 0.1) is 11.4 Å². The van der Waals surface area contributed by atoms with Crippen molar-refractivity contribution in [2.45, 2.75) is 45.4 Å². The quantitative estimate of drug-likeness (QED) is 0.707. The molecule has 0 spiro atoms. The number of likely N-dealkylation sites (N-methyl/N-ethyl adjacent to an activating group) is 1. The van der Waals surface area contributed by atoms with Gasteiger partial charge in [-0.3, -0.25) is 20.0 Å². The smallest absolute Gasteiger partial charge is 0.409 e. The van der Waals surface area contributed by atoms with Gasteiger partial charge in [0, 0.05) is 32.2 Å². The van der Waals surface area contributed by atoms with E-state index in [0.29, 0.717) is 6.54 Å². The Morgan fingerprint density at radius 2 is 1.71 bits per heavy atom. The van der Waals surface area contributed by atoms with Gasteiger partial charge >= 0.3 is 6.09 Å². The van der Waals surface area contributed by atoms with Crippen LogP contribution in [0.4, 0.5) is 10.5 Å². The normalized spacial score (nSPS) is 24.3. The largest absolute Gasteiger partial charge is 0.445 e. The van der Waals surface area contributed by atoms with E-state index in [4.69, 9.17) is 9.73 Å². The molecule has 3 fully saturated rings. The van der Waals surface area contributed by atoms with E-state index < -0.39 is 12.3 Å². The first kappa shape index (κ1) is 23.5. The van der Waals surface area contributed by atoms with Crippen molar-refractivity contribution in [2.24, 2.45) is 16.8 Å². The number of fused-ring (bicyclic) bond motifs is 5. The number of para-hydroxylation sites is 1. The van der Waals surface area contributed by atoms with Crippen molar-refractivity contribution in [1.29, 1.82) is 0 Å². The highest BCUT2D eigenvalue weighted by atomic mass is 16.5. The number of hydrogen-bond donors (Lipinski definition) is 1. The molecule has 0 aromatic heterocycles. The van der Waals surface area contributed by atoms with Crippen molar-refractivity contribution in [3.05, 3.63) is 65.2 Å². The van der Waals surface area contributed by atoms with Crippen LogP contribution >= 0.6 is 0 Å². The predicted octanol–water partition coefficient (Wildman–Crippen LogP) is 4.14. The van der Waals surface area contributed by atoms with Gasteiger partial charge in [-0.1, -0.05) is 48.5 Å². The van der Waals surface area contributed by atoms with E-state index in [9.17, 15) is 9.59 Å². The van der Waals surface area contributed by atoms with Crippen LogP contribution in [0.15, 0.2) is 53.5 Å².